The summed E-state index contributed by atoms with van der Waals surface area (Å²) in [6, 6.07) is 6.71. The average molecular weight is 275 g/mol. The minimum atomic E-state index is -0.286. The second-order valence-electron chi connectivity index (χ2n) is 3.92. The number of hydrogen-bond acceptors (Lipinski definition) is 5. The maximum Gasteiger partial charge on any atom is 0.275 e. The van der Waals surface area contributed by atoms with Crippen LogP contribution in [0.25, 0.3) is 0 Å². The van der Waals surface area contributed by atoms with E-state index in [1.54, 1.807) is 29.6 Å². The molecule has 0 aliphatic rings. The number of aromatic nitrogens is 1. The molecule has 1 heterocycles. The lowest BCUT2D eigenvalue weighted by molar-refractivity contribution is 0.101. The highest BCUT2D eigenvalue weighted by Gasteiger charge is 2.10. The number of carbonyl (C=O) groups is 2. The van der Waals surface area contributed by atoms with E-state index in [4.69, 9.17) is 5.73 Å². The minimum absolute atomic E-state index is 0.00929. The Bertz CT molecular complexity index is 605. The van der Waals surface area contributed by atoms with Gasteiger partial charge in [0.2, 0.25) is 0 Å². The molecule has 1 aromatic carbocycles. The number of nitrogens with one attached hydrogen (secondary N) is 1. The van der Waals surface area contributed by atoms with Gasteiger partial charge in [-0.3, -0.25) is 9.59 Å². The van der Waals surface area contributed by atoms with E-state index in [0.717, 1.165) is 5.01 Å². The summed E-state index contributed by atoms with van der Waals surface area (Å²) in [5, 5.41) is 5.10. The van der Waals surface area contributed by atoms with Gasteiger partial charge in [-0.25, -0.2) is 4.98 Å². The second kappa shape index (κ2) is 5.73. The summed E-state index contributed by atoms with van der Waals surface area (Å²) in [7, 11) is 0. The highest BCUT2D eigenvalue weighted by Crippen LogP contribution is 2.13. The number of thiazole rings is 1. The van der Waals surface area contributed by atoms with Crippen LogP contribution in [-0.4, -0.2) is 16.7 Å². The van der Waals surface area contributed by atoms with E-state index in [1.165, 1.54) is 18.3 Å². The third kappa shape index (κ3) is 3.24. The molecule has 19 heavy (non-hydrogen) atoms. The molecular formula is C13H13N3O2S. The highest BCUT2D eigenvalue weighted by molar-refractivity contribution is 7.09. The van der Waals surface area contributed by atoms with Gasteiger partial charge in [-0.05, 0) is 31.2 Å². The lowest BCUT2D eigenvalue weighted by Gasteiger charge is -2.03. The van der Waals surface area contributed by atoms with Crippen molar-refractivity contribution >= 4 is 28.7 Å². The van der Waals surface area contributed by atoms with Gasteiger partial charge in [-0.15, -0.1) is 11.3 Å². The number of ketones is 1. The molecule has 0 spiro atoms. The van der Waals surface area contributed by atoms with Crippen molar-refractivity contribution < 1.29 is 9.59 Å². The van der Waals surface area contributed by atoms with Crippen molar-refractivity contribution in [3.05, 3.63) is 45.9 Å². The number of nitrogens with zero attached hydrogens (tertiary/aromatic N) is 1. The summed E-state index contributed by atoms with van der Waals surface area (Å²) in [5.74, 6) is -0.295. The minimum Gasteiger partial charge on any atom is -0.325 e. The van der Waals surface area contributed by atoms with Crippen LogP contribution in [0, 0.1) is 0 Å². The SMILES string of the molecule is CC(=O)c1ccc(NC(=O)c2csc(CN)n2)cc1. The molecule has 0 unspecified atom stereocenters. The largest absolute Gasteiger partial charge is 0.325 e. The molecular weight excluding hydrogens is 262 g/mol. The molecule has 2 rings (SSSR count). The zero-order valence-corrected chi connectivity index (χ0v) is 11.2. The molecule has 0 saturated carbocycles. The molecule has 0 atom stereocenters. The molecule has 5 nitrogen and oxygen atoms in total. The van der Waals surface area contributed by atoms with Gasteiger partial charge in [0.1, 0.15) is 10.7 Å². The van der Waals surface area contributed by atoms with Crippen molar-refractivity contribution in [1.29, 1.82) is 0 Å². The fourth-order valence-electron chi connectivity index (χ4n) is 1.49. The van der Waals surface area contributed by atoms with Crippen LogP contribution >= 0.6 is 11.3 Å². The molecule has 3 N–H and O–H groups in total. The normalized spacial score (nSPS) is 10.2. The molecule has 1 amide bonds. The van der Waals surface area contributed by atoms with Gasteiger partial charge in [-0.2, -0.15) is 0 Å². The number of benzene rings is 1. The molecule has 0 radical (unpaired) electrons. The van der Waals surface area contributed by atoms with Crippen molar-refractivity contribution in [3.8, 4) is 0 Å². The Kier molecular flexibility index (Phi) is 4.03. The van der Waals surface area contributed by atoms with Gasteiger partial charge < -0.3 is 11.1 Å². The monoisotopic (exact) mass is 275 g/mol. The fourth-order valence-corrected chi connectivity index (χ4v) is 2.15. The zero-order valence-electron chi connectivity index (χ0n) is 10.3. The third-order valence-electron chi connectivity index (χ3n) is 2.51. The number of amides is 1. The average Bonchev–Trinajstić information content (AvgIpc) is 2.88. The van der Waals surface area contributed by atoms with E-state index in [9.17, 15) is 9.59 Å². The number of carbonyl (C=O) groups excluding carboxylic acids is 2. The van der Waals surface area contributed by atoms with Gasteiger partial charge in [-0.1, -0.05) is 0 Å². The Hall–Kier alpha value is -2.05. The van der Waals surface area contributed by atoms with E-state index in [1.807, 2.05) is 0 Å². The van der Waals surface area contributed by atoms with Crippen LogP contribution in [0.15, 0.2) is 29.6 Å². The number of anilines is 1. The highest BCUT2D eigenvalue weighted by atomic mass is 32.1. The van der Waals surface area contributed by atoms with Crippen LogP contribution in [-0.2, 0) is 6.54 Å². The quantitative estimate of drug-likeness (QED) is 0.836. The Balaban J connectivity index is 2.08. The van der Waals surface area contributed by atoms with Crippen molar-refractivity contribution in [2.24, 2.45) is 5.73 Å². The Morgan fingerprint density at radius 3 is 2.53 bits per heavy atom. The summed E-state index contributed by atoms with van der Waals surface area (Å²) in [6.45, 7) is 1.82. The van der Waals surface area contributed by atoms with Gasteiger partial charge in [0.05, 0.1) is 0 Å². The summed E-state index contributed by atoms with van der Waals surface area (Å²) >= 11 is 1.35. The number of hydrogen-bond donors (Lipinski definition) is 2. The molecule has 0 fully saturated rings. The van der Waals surface area contributed by atoms with Gasteiger partial charge in [0, 0.05) is 23.2 Å². The van der Waals surface area contributed by atoms with Gasteiger partial charge >= 0.3 is 0 Å². The predicted molar refractivity (Wildman–Crippen MR) is 74.4 cm³/mol. The Morgan fingerprint density at radius 1 is 1.32 bits per heavy atom. The molecule has 98 valence electrons. The third-order valence-corrected chi connectivity index (χ3v) is 3.38. The number of rotatable bonds is 4. The van der Waals surface area contributed by atoms with E-state index >= 15 is 0 Å². The molecule has 0 aliphatic heterocycles. The Labute approximate surface area is 114 Å². The van der Waals surface area contributed by atoms with Crippen molar-refractivity contribution in [1.82, 2.24) is 4.98 Å². The van der Waals surface area contributed by atoms with E-state index in [2.05, 4.69) is 10.3 Å². The van der Waals surface area contributed by atoms with Gasteiger partial charge in [0.25, 0.3) is 5.91 Å². The van der Waals surface area contributed by atoms with Crippen molar-refractivity contribution in [2.45, 2.75) is 13.5 Å². The second-order valence-corrected chi connectivity index (χ2v) is 4.86. The lowest BCUT2D eigenvalue weighted by Crippen LogP contribution is -2.12. The van der Waals surface area contributed by atoms with Crippen LogP contribution in [0.4, 0.5) is 5.69 Å². The Morgan fingerprint density at radius 2 is 2.00 bits per heavy atom. The first kappa shape index (κ1) is 13.4. The lowest BCUT2D eigenvalue weighted by atomic mass is 10.1. The molecule has 0 bridgehead atoms. The van der Waals surface area contributed by atoms with E-state index in [0.29, 0.717) is 23.5 Å². The summed E-state index contributed by atoms with van der Waals surface area (Å²) in [5.41, 5.74) is 7.02. The van der Waals surface area contributed by atoms with Crippen molar-refractivity contribution in [3.63, 3.8) is 0 Å². The summed E-state index contributed by atoms with van der Waals surface area (Å²) in [4.78, 5) is 27.1. The van der Waals surface area contributed by atoms with Crippen LogP contribution in [0.1, 0.15) is 32.8 Å². The molecule has 2 aromatic rings. The first-order valence-electron chi connectivity index (χ1n) is 5.67. The summed E-state index contributed by atoms with van der Waals surface area (Å²) < 4.78 is 0. The smallest absolute Gasteiger partial charge is 0.275 e. The summed E-state index contributed by atoms with van der Waals surface area (Å²) in [6.07, 6.45) is 0. The predicted octanol–water partition coefficient (Wildman–Crippen LogP) is 2.06. The fraction of sp³-hybridized carbons (Fsp3) is 0.154. The van der Waals surface area contributed by atoms with E-state index in [-0.39, 0.29) is 11.7 Å². The first-order valence-corrected chi connectivity index (χ1v) is 6.55. The van der Waals surface area contributed by atoms with Crippen LogP contribution in [0.5, 0.6) is 0 Å². The van der Waals surface area contributed by atoms with Crippen molar-refractivity contribution in [2.75, 3.05) is 5.32 Å². The molecule has 6 heteroatoms. The van der Waals surface area contributed by atoms with Crippen LogP contribution < -0.4 is 11.1 Å². The standard InChI is InChI=1S/C13H13N3O2S/c1-8(17)9-2-4-10(5-3-9)15-13(18)11-7-19-12(6-14)16-11/h2-5,7H,6,14H2,1H3,(H,15,18). The van der Waals surface area contributed by atoms with Crippen LogP contribution in [0.3, 0.4) is 0 Å². The first-order chi connectivity index (χ1) is 9.10. The molecule has 0 saturated heterocycles. The topological polar surface area (TPSA) is 85.1 Å². The molecule has 0 aliphatic carbocycles. The zero-order chi connectivity index (χ0) is 13.8. The molecule has 1 aromatic heterocycles. The maximum atomic E-state index is 11.9. The van der Waals surface area contributed by atoms with Gasteiger partial charge in [0.15, 0.2) is 5.78 Å². The maximum absolute atomic E-state index is 11.9. The number of Topliss-reactive ketones (excluding diaryl/α,β-unsaturated/α-hetero) is 1. The number of nitrogens with two attached hydrogens (primary N) is 1. The van der Waals surface area contributed by atoms with Crippen LogP contribution in [0.2, 0.25) is 0 Å². The van der Waals surface area contributed by atoms with E-state index < -0.39 is 0 Å².